The van der Waals surface area contributed by atoms with E-state index in [1.54, 1.807) is 19.2 Å². The molecular formula is C23H25NO5. The highest BCUT2D eigenvalue weighted by Crippen LogP contribution is 2.32. The van der Waals surface area contributed by atoms with Crippen molar-refractivity contribution in [3.05, 3.63) is 71.8 Å². The van der Waals surface area contributed by atoms with Crippen molar-refractivity contribution in [2.24, 2.45) is 0 Å². The Bertz CT molecular complexity index is 958. The molecule has 152 valence electrons. The van der Waals surface area contributed by atoms with E-state index < -0.39 is 6.04 Å². The van der Waals surface area contributed by atoms with Crippen molar-refractivity contribution in [3.8, 4) is 11.5 Å². The topological polar surface area (TPSA) is 77.0 Å². The van der Waals surface area contributed by atoms with Crippen LogP contribution in [0.5, 0.6) is 11.5 Å². The number of hydrogen-bond acceptors (Lipinski definition) is 5. The molecule has 0 aliphatic carbocycles. The molecule has 0 heterocycles. The van der Waals surface area contributed by atoms with Gasteiger partial charge in [0.1, 0.15) is 11.5 Å². The molecule has 0 saturated carbocycles. The van der Waals surface area contributed by atoms with Crippen LogP contribution in [-0.2, 0) is 11.3 Å². The Morgan fingerprint density at radius 2 is 1.76 bits per heavy atom. The second kappa shape index (κ2) is 9.91. The molecule has 1 atom stereocenters. The van der Waals surface area contributed by atoms with Gasteiger partial charge in [-0.3, -0.25) is 4.79 Å². The van der Waals surface area contributed by atoms with Crippen LogP contribution in [0.3, 0.4) is 0 Å². The fourth-order valence-corrected chi connectivity index (χ4v) is 3.10. The van der Waals surface area contributed by atoms with Crippen LogP contribution in [0.2, 0.25) is 0 Å². The zero-order valence-electron chi connectivity index (χ0n) is 16.6. The molecule has 0 bridgehead atoms. The molecule has 0 saturated heterocycles. The Morgan fingerprint density at radius 1 is 1.00 bits per heavy atom. The highest BCUT2D eigenvalue weighted by Gasteiger charge is 2.19. The summed E-state index contributed by atoms with van der Waals surface area (Å²) in [7, 11) is 3.11. The summed E-state index contributed by atoms with van der Waals surface area (Å²) >= 11 is 0. The van der Waals surface area contributed by atoms with Gasteiger partial charge >= 0.3 is 0 Å². The van der Waals surface area contributed by atoms with Gasteiger partial charge in [-0.15, -0.1) is 0 Å². The number of methoxy groups -OCH3 is 2. The summed E-state index contributed by atoms with van der Waals surface area (Å²) in [5, 5.41) is 14.2. The molecule has 3 aromatic carbocycles. The molecule has 0 radical (unpaired) electrons. The molecule has 3 aromatic rings. The van der Waals surface area contributed by atoms with Gasteiger partial charge in [0.15, 0.2) is 0 Å². The normalized spacial score (nSPS) is 11.8. The van der Waals surface area contributed by atoms with Gasteiger partial charge in [0, 0.05) is 5.39 Å². The zero-order chi connectivity index (χ0) is 20.6. The molecule has 0 spiro atoms. The number of ether oxygens (including phenoxy) is 3. The van der Waals surface area contributed by atoms with Crippen molar-refractivity contribution in [1.29, 1.82) is 0 Å². The highest BCUT2D eigenvalue weighted by atomic mass is 16.5. The Balaban J connectivity index is 1.71. The van der Waals surface area contributed by atoms with E-state index in [0.717, 1.165) is 16.3 Å². The van der Waals surface area contributed by atoms with Crippen LogP contribution in [-0.4, -0.2) is 44.5 Å². The van der Waals surface area contributed by atoms with Gasteiger partial charge in [0.2, 0.25) is 0 Å². The predicted molar refractivity (Wildman–Crippen MR) is 111 cm³/mol. The first-order valence-corrected chi connectivity index (χ1v) is 9.34. The molecule has 6 nitrogen and oxygen atoms in total. The van der Waals surface area contributed by atoms with Crippen LogP contribution >= 0.6 is 0 Å². The van der Waals surface area contributed by atoms with Gasteiger partial charge in [-0.05, 0) is 29.1 Å². The number of aliphatic hydroxyl groups excluding tert-OH is 1. The minimum Gasteiger partial charge on any atom is -0.496 e. The van der Waals surface area contributed by atoms with E-state index in [1.807, 2.05) is 48.5 Å². The third-order valence-corrected chi connectivity index (χ3v) is 4.61. The van der Waals surface area contributed by atoms with E-state index in [-0.39, 0.29) is 19.1 Å². The van der Waals surface area contributed by atoms with Crippen molar-refractivity contribution in [2.75, 3.05) is 27.4 Å². The molecule has 6 heteroatoms. The van der Waals surface area contributed by atoms with Gasteiger partial charge in [0.25, 0.3) is 5.91 Å². The van der Waals surface area contributed by atoms with Crippen LogP contribution in [0.1, 0.15) is 15.9 Å². The van der Waals surface area contributed by atoms with Crippen molar-refractivity contribution < 1.29 is 24.1 Å². The summed E-state index contributed by atoms with van der Waals surface area (Å²) in [5.74, 6) is 0.797. The summed E-state index contributed by atoms with van der Waals surface area (Å²) in [6.45, 7) is 0.372. The minimum atomic E-state index is -0.531. The number of aliphatic hydroxyl groups is 1. The highest BCUT2D eigenvalue weighted by molar-refractivity contribution is 6.03. The molecule has 1 unspecified atom stereocenters. The first-order chi connectivity index (χ1) is 14.2. The first kappa shape index (κ1) is 20.6. The summed E-state index contributed by atoms with van der Waals surface area (Å²) in [4.78, 5) is 12.8. The molecular weight excluding hydrogens is 370 g/mol. The Kier molecular flexibility index (Phi) is 7.05. The van der Waals surface area contributed by atoms with Crippen molar-refractivity contribution in [3.63, 3.8) is 0 Å². The van der Waals surface area contributed by atoms with Gasteiger partial charge in [0.05, 0.1) is 45.6 Å². The zero-order valence-corrected chi connectivity index (χ0v) is 16.6. The van der Waals surface area contributed by atoms with Crippen molar-refractivity contribution in [2.45, 2.75) is 12.6 Å². The lowest BCUT2D eigenvalue weighted by Gasteiger charge is -2.18. The largest absolute Gasteiger partial charge is 0.496 e. The number of fused-ring (bicyclic) bond motifs is 1. The van der Waals surface area contributed by atoms with Gasteiger partial charge in [-0.1, -0.05) is 42.5 Å². The number of hydrogen-bond donors (Lipinski definition) is 2. The van der Waals surface area contributed by atoms with Crippen LogP contribution in [0.4, 0.5) is 0 Å². The molecule has 3 rings (SSSR count). The SMILES string of the molecule is COc1cc2c(OC)cccc2cc1C(=O)NC(CO)COCc1ccccc1. The molecule has 0 fully saturated rings. The van der Waals surface area contributed by atoms with Crippen LogP contribution < -0.4 is 14.8 Å². The quantitative estimate of drug-likeness (QED) is 0.582. The maximum atomic E-state index is 12.8. The maximum absolute atomic E-state index is 12.8. The van der Waals surface area contributed by atoms with Gasteiger partial charge in [-0.25, -0.2) is 0 Å². The molecule has 29 heavy (non-hydrogen) atoms. The van der Waals surface area contributed by atoms with Gasteiger partial charge in [-0.2, -0.15) is 0 Å². The molecule has 1 amide bonds. The third-order valence-electron chi connectivity index (χ3n) is 4.61. The Hall–Kier alpha value is -3.09. The number of carbonyl (C=O) groups is 1. The van der Waals surface area contributed by atoms with Gasteiger partial charge < -0.3 is 24.6 Å². The van der Waals surface area contributed by atoms with E-state index >= 15 is 0 Å². The van der Waals surface area contributed by atoms with E-state index in [4.69, 9.17) is 14.2 Å². The van der Waals surface area contributed by atoms with Crippen LogP contribution in [0.15, 0.2) is 60.7 Å². The molecule has 0 aromatic heterocycles. The molecule has 2 N–H and O–H groups in total. The Morgan fingerprint density at radius 3 is 2.45 bits per heavy atom. The van der Waals surface area contributed by atoms with E-state index in [0.29, 0.717) is 23.7 Å². The summed E-state index contributed by atoms with van der Waals surface area (Å²) in [5.41, 5.74) is 1.41. The minimum absolute atomic E-state index is 0.195. The average Bonchev–Trinajstić information content (AvgIpc) is 2.77. The van der Waals surface area contributed by atoms with Crippen LogP contribution in [0.25, 0.3) is 10.8 Å². The van der Waals surface area contributed by atoms with E-state index in [9.17, 15) is 9.90 Å². The summed E-state index contributed by atoms with van der Waals surface area (Å²) in [6, 6.07) is 18.4. The van der Waals surface area contributed by atoms with E-state index in [2.05, 4.69) is 5.32 Å². The monoisotopic (exact) mass is 395 g/mol. The number of rotatable bonds is 9. The number of amides is 1. The smallest absolute Gasteiger partial charge is 0.255 e. The lowest BCUT2D eigenvalue weighted by atomic mass is 10.0. The summed E-state index contributed by atoms with van der Waals surface area (Å²) < 4.78 is 16.4. The number of benzene rings is 3. The van der Waals surface area contributed by atoms with E-state index in [1.165, 1.54) is 7.11 Å². The standard InChI is InChI=1S/C23H25NO5/c1-27-21-10-6-9-17-11-20(22(28-2)12-19(17)21)23(26)24-18(13-25)15-29-14-16-7-4-3-5-8-16/h3-12,18,25H,13-15H2,1-2H3,(H,24,26). The van der Waals surface area contributed by atoms with Crippen molar-refractivity contribution >= 4 is 16.7 Å². The maximum Gasteiger partial charge on any atom is 0.255 e. The predicted octanol–water partition coefficient (Wildman–Crippen LogP) is 3.16. The molecule has 0 aliphatic heterocycles. The lowest BCUT2D eigenvalue weighted by molar-refractivity contribution is 0.0673. The molecule has 0 aliphatic rings. The second-order valence-corrected chi connectivity index (χ2v) is 6.59. The average molecular weight is 395 g/mol. The first-order valence-electron chi connectivity index (χ1n) is 9.34. The fraction of sp³-hybridized carbons (Fsp3) is 0.261. The number of nitrogens with one attached hydrogen (secondary N) is 1. The van der Waals surface area contributed by atoms with Crippen molar-refractivity contribution in [1.82, 2.24) is 5.32 Å². The third kappa shape index (κ3) is 5.04. The van der Waals surface area contributed by atoms with Crippen LogP contribution in [0, 0.1) is 0 Å². The Labute approximate surface area is 170 Å². The second-order valence-electron chi connectivity index (χ2n) is 6.59. The number of carbonyl (C=O) groups excluding carboxylic acids is 1. The fourth-order valence-electron chi connectivity index (χ4n) is 3.10. The summed E-state index contributed by atoms with van der Waals surface area (Å²) in [6.07, 6.45) is 0. The lowest BCUT2D eigenvalue weighted by Crippen LogP contribution is -2.41.